The maximum absolute atomic E-state index is 13.6. The van der Waals surface area contributed by atoms with Gasteiger partial charge < -0.3 is 4.98 Å². The van der Waals surface area contributed by atoms with Crippen LogP contribution in [0.2, 0.25) is 0 Å². The predicted molar refractivity (Wildman–Crippen MR) is 114 cm³/mol. The third-order valence-electron chi connectivity index (χ3n) is 4.78. The number of rotatable bonds is 3. The van der Waals surface area contributed by atoms with Gasteiger partial charge in [-0.15, -0.1) is 0 Å². The number of fused-ring (bicyclic) bond motifs is 1. The van der Waals surface area contributed by atoms with Crippen LogP contribution < -0.4 is 5.43 Å². The Balaban J connectivity index is 2.14. The molecule has 1 aromatic heterocycles. The molecule has 0 aliphatic heterocycles. The van der Waals surface area contributed by atoms with Gasteiger partial charge >= 0.3 is 0 Å². The molecule has 0 saturated carbocycles. The van der Waals surface area contributed by atoms with Crippen LogP contribution in [0, 0.1) is 0 Å². The lowest BCUT2D eigenvalue weighted by Crippen LogP contribution is -2.14. The van der Waals surface area contributed by atoms with Gasteiger partial charge in [0.15, 0.2) is 5.43 Å². The number of nitrogens with one attached hydrogen (secondary N) is 1. The van der Waals surface area contributed by atoms with Gasteiger partial charge in [-0.1, -0.05) is 78.4 Å². The number of para-hydroxylation sites is 1. The summed E-state index contributed by atoms with van der Waals surface area (Å²) >= 11 is 0. The third kappa shape index (κ3) is 3.11. The van der Waals surface area contributed by atoms with Crippen LogP contribution in [-0.2, 0) is 0 Å². The normalized spacial score (nSPS) is 10.7. The smallest absolute Gasteiger partial charge is 0.197 e. The highest BCUT2D eigenvalue weighted by molar-refractivity contribution is 5.94. The van der Waals surface area contributed by atoms with Crippen molar-refractivity contribution in [1.82, 2.24) is 4.98 Å². The summed E-state index contributed by atoms with van der Waals surface area (Å²) in [4.78, 5) is 17.1. The second kappa shape index (κ2) is 7.08. The molecule has 0 saturated heterocycles. The molecule has 0 aliphatic rings. The SMILES string of the molecule is CC(C)=C(c1ccccc1)c1c(-c2ccccc2)[nH]c2ccccc2c1=O. The minimum atomic E-state index is 0.0586. The molecule has 0 radical (unpaired) electrons. The molecule has 0 unspecified atom stereocenters. The molecule has 132 valence electrons. The van der Waals surface area contributed by atoms with E-state index in [1.807, 2.05) is 72.8 Å². The van der Waals surface area contributed by atoms with Crippen molar-refractivity contribution in [3.8, 4) is 11.3 Å². The fourth-order valence-electron chi connectivity index (χ4n) is 3.58. The van der Waals surface area contributed by atoms with Crippen LogP contribution in [0.4, 0.5) is 0 Å². The minimum Gasteiger partial charge on any atom is -0.354 e. The first-order valence-electron chi connectivity index (χ1n) is 9.10. The van der Waals surface area contributed by atoms with E-state index in [1.54, 1.807) is 0 Å². The first-order valence-corrected chi connectivity index (χ1v) is 9.10. The number of allylic oxidation sites excluding steroid dienone is 1. The van der Waals surface area contributed by atoms with Crippen molar-refractivity contribution in [1.29, 1.82) is 0 Å². The van der Waals surface area contributed by atoms with Crippen LogP contribution in [0.5, 0.6) is 0 Å². The quantitative estimate of drug-likeness (QED) is 0.480. The summed E-state index contributed by atoms with van der Waals surface area (Å²) in [5.74, 6) is 0. The Bertz CT molecular complexity index is 1180. The Morgan fingerprint density at radius 2 is 1.33 bits per heavy atom. The summed E-state index contributed by atoms with van der Waals surface area (Å²) in [6.07, 6.45) is 0. The Kier molecular flexibility index (Phi) is 4.47. The average Bonchev–Trinajstić information content (AvgIpc) is 2.71. The van der Waals surface area contributed by atoms with Gasteiger partial charge in [0.1, 0.15) is 0 Å². The van der Waals surface area contributed by atoms with Crippen LogP contribution in [-0.4, -0.2) is 4.98 Å². The molecule has 0 fully saturated rings. The molecule has 0 aliphatic carbocycles. The van der Waals surface area contributed by atoms with Crippen LogP contribution in [0.25, 0.3) is 27.7 Å². The van der Waals surface area contributed by atoms with Crippen molar-refractivity contribution in [2.75, 3.05) is 0 Å². The van der Waals surface area contributed by atoms with E-state index in [1.165, 1.54) is 0 Å². The molecule has 4 rings (SSSR count). The van der Waals surface area contributed by atoms with Crippen molar-refractivity contribution in [3.05, 3.63) is 112 Å². The monoisotopic (exact) mass is 351 g/mol. The Morgan fingerprint density at radius 3 is 2.00 bits per heavy atom. The standard InChI is InChI=1S/C25H21NO/c1-17(2)22(18-11-5-3-6-12-18)23-24(19-13-7-4-8-14-19)26-21-16-10-9-15-20(21)25(23)27/h3-16H,1-2H3,(H,26,27). The average molecular weight is 351 g/mol. The van der Waals surface area contributed by atoms with Crippen LogP contribution >= 0.6 is 0 Å². The molecule has 3 aromatic carbocycles. The van der Waals surface area contributed by atoms with Gasteiger partial charge in [-0.05, 0) is 42.7 Å². The summed E-state index contributed by atoms with van der Waals surface area (Å²) < 4.78 is 0. The molecule has 2 heteroatoms. The van der Waals surface area contributed by atoms with Gasteiger partial charge in [0, 0.05) is 10.9 Å². The Hall–Kier alpha value is -3.39. The molecule has 0 amide bonds. The molecule has 0 atom stereocenters. The molecular formula is C25H21NO. The van der Waals surface area contributed by atoms with E-state index in [0.29, 0.717) is 5.39 Å². The molecule has 1 heterocycles. The second-order valence-electron chi connectivity index (χ2n) is 6.86. The lowest BCUT2D eigenvalue weighted by atomic mass is 9.89. The van der Waals surface area contributed by atoms with Crippen molar-refractivity contribution in [2.45, 2.75) is 13.8 Å². The predicted octanol–water partition coefficient (Wildman–Crippen LogP) is 6.04. The highest BCUT2D eigenvalue weighted by Gasteiger charge is 2.19. The fourth-order valence-corrected chi connectivity index (χ4v) is 3.58. The van der Waals surface area contributed by atoms with E-state index in [9.17, 15) is 4.79 Å². The van der Waals surface area contributed by atoms with Crippen LogP contribution in [0.1, 0.15) is 25.0 Å². The summed E-state index contributed by atoms with van der Waals surface area (Å²) in [6.45, 7) is 4.12. The molecule has 27 heavy (non-hydrogen) atoms. The van der Waals surface area contributed by atoms with E-state index in [4.69, 9.17) is 0 Å². The molecule has 0 bridgehead atoms. The first kappa shape index (κ1) is 17.0. The number of hydrogen-bond acceptors (Lipinski definition) is 1. The van der Waals surface area contributed by atoms with Crippen molar-refractivity contribution in [3.63, 3.8) is 0 Å². The van der Waals surface area contributed by atoms with E-state index in [-0.39, 0.29) is 5.43 Å². The zero-order valence-electron chi connectivity index (χ0n) is 15.5. The Labute approximate surface area is 158 Å². The molecular weight excluding hydrogens is 330 g/mol. The van der Waals surface area contributed by atoms with Gasteiger partial charge in [0.25, 0.3) is 0 Å². The van der Waals surface area contributed by atoms with Crippen molar-refractivity contribution >= 4 is 16.5 Å². The molecule has 1 N–H and O–H groups in total. The van der Waals surface area contributed by atoms with Gasteiger partial charge in [-0.2, -0.15) is 0 Å². The highest BCUT2D eigenvalue weighted by Crippen LogP contribution is 2.32. The van der Waals surface area contributed by atoms with Gasteiger partial charge in [-0.25, -0.2) is 0 Å². The maximum atomic E-state index is 13.6. The van der Waals surface area contributed by atoms with Gasteiger partial charge in [-0.3, -0.25) is 4.79 Å². The lowest BCUT2D eigenvalue weighted by Gasteiger charge is -2.17. The lowest BCUT2D eigenvalue weighted by molar-refractivity contribution is 1.31. The van der Waals surface area contributed by atoms with E-state index in [2.05, 4.69) is 31.0 Å². The number of pyridine rings is 1. The number of hydrogen-bond donors (Lipinski definition) is 1. The number of H-pyrrole nitrogens is 1. The number of aromatic amines is 1. The first-order chi connectivity index (χ1) is 13.2. The number of aromatic nitrogens is 1. The number of benzene rings is 3. The zero-order chi connectivity index (χ0) is 18.8. The van der Waals surface area contributed by atoms with Crippen molar-refractivity contribution < 1.29 is 0 Å². The van der Waals surface area contributed by atoms with E-state index >= 15 is 0 Å². The van der Waals surface area contributed by atoms with Crippen molar-refractivity contribution in [2.24, 2.45) is 0 Å². The third-order valence-corrected chi connectivity index (χ3v) is 4.78. The molecule has 4 aromatic rings. The largest absolute Gasteiger partial charge is 0.354 e. The minimum absolute atomic E-state index is 0.0586. The van der Waals surface area contributed by atoms with E-state index < -0.39 is 0 Å². The van der Waals surface area contributed by atoms with Crippen LogP contribution in [0.15, 0.2) is 95.3 Å². The zero-order valence-corrected chi connectivity index (χ0v) is 15.5. The summed E-state index contributed by atoms with van der Waals surface area (Å²) in [5.41, 5.74) is 6.65. The highest BCUT2D eigenvalue weighted by atomic mass is 16.1. The summed E-state index contributed by atoms with van der Waals surface area (Å²) in [6, 6.07) is 27.9. The Morgan fingerprint density at radius 1 is 0.741 bits per heavy atom. The summed E-state index contributed by atoms with van der Waals surface area (Å²) in [7, 11) is 0. The fraction of sp³-hybridized carbons (Fsp3) is 0.0800. The molecule has 0 spiro atoms. The summed E-state index contributed by atoms with van der Waals surface area (Å²) in [5, 5.41) is 0.710. The van der Waals surface area contributed by atoms with Gasteiger partial charge in [0.2, 0.25) is 0 Å². The van der Waals surface area contributed by atoms with E-state index in [0.717, 1.165) is 39.0 Å². The maximum Gasteiger partial charge on any atom is 0.197 e. The van der Waals surface area contributed by atoms with Crippen LogP contribution in [0.3, 0.4) is 0 Å². The topological polar surface area (TPSA) is 32.9 Å². The van der Waals surface area contributed by atoms with Gasteiger partial charge in [0.05, 0.1) is 11.3 Å². The second-order valence-corrected chi connectivity index (χ2v) is 6.86. The molecule has 2 nitrogen and oxygen atoms in total.